The predicted octanol–water partition coefficient (Wildman–Crippen LogP) is 2.80. The summed E-state index contributed by atoms with van der Waals surface area (Å²) in [6, 6.07) is 6.24. The molecule has 20 heavy (non-hydrogen) atoms. The SMILES string of the molecule is C=CCN(CC(=O)O)Cc1c[nH]c2c(CC)cccc12. The minimum Gasteiger partial charge on any atom is -0.480 e. The molecule has 2 aromatic rings. The number of aliphatic carboxylic acids is 1. The second-order valence-corrected chi connectivity index (χ2v) is 4.86. The van der Waals surface area contributed by atoms with Crippen LogP contribution in [0.4, 0.5) is 0 Å². The molecule has 0 atom stereocenters. The number of aryl methyl sites for hydroxylation is 1. The molecular weight excluding hydrogens is 252 g/mol. The minimum absolute atomic E-state index is 0.0200. The zero-order valence-corrected chi connectivity index (χ0v) is 11.7. The Morgan fingerprint density at radius 3 is 2.90 bits per heavy atom. The maximum absolute atomic E-state index is 10.9. The highest BCUT2D eigenvalue weighted by Crippen LogP contribution is 2.23. The molecule has 0 saturated heterocycles. The third kappa shape index (κ3) is 3.08. The highest BCUT2D eigenvalue weighted by atomic mass is 16.4. The molecule has 4 nitrogen and oxygen atoms in total. The molecule has 0 aliphatic heterocycles. The van der Waals surface area contributed by atoms with Crippen molar-refractivity contribution < 1.29 is 9.90 Å². The number of hydrogen-bond donors (Lipinski definition) is 2. The van der Waals surface area contributed by atoms with E-state index in [4.69, 9.17) is 5.11 Å². The molecule has 0 aliphatic rings. The van der Waals surface area contributed by atoms with Crippen molar-refractivity contribution in [2.24, 2.45) is 0 Å². The standard InChI is InChI=1S/C16H20N2O2/c1-3-8-18(11-15(19)20)10-13-9-17-16-12(4-2)6-5-7-14(13)16/h3,5-7,9,17H,1,4,8,10-11H2,2H3,(H,19,20). The molecule has 0 spiro atoms. The van der Waals surface area contributed by atoms with Crippen LogP contribution in [0.2, 0.25) is 0 Å². The molecule has 0 bridgehead atoms. The number of carboxylic acid groups (broad SMARTS) is 1. The number of benzene rings is 1. The lowest BCUT2D eigenvalue weighted by Crippen LogP contribution is -2.29. The molecule has 0 saturated carbocycles. The van der Waals surface area contributed by atoms with Crippen LogP contribution >= 0.6 is 0 Å². The summed E-state index contributed by atoms with van der Waals surface area (Å²) in [6.07, 6.45) is 4.68. The second kappa shape index (κ2) is 6.39. The molecule has 0 unspecified atom stereocenters. The van der Waals surface area contributed by atoms with Crippen molar-refractivity contribution in [2.45, 2.75) is 19.9 Å². The van der Waals surface area contributed by atoms with Crippen LogP contribution in [-0.2, 0) is 17.8 Å². The largest absolute Gasteiger partial charge is 0.480 e. The summed E-state index contributed by atoms with van der Waals surface area (Å²) in [6.45, 7) is 7.00. The van der Waals surface area contributed by atoms with Gasteiger partial charge in [0, 0.05) is 30.2 Å². The first-order valence-corrected chi connectivity index (χ1v) is 6.78. The molecule has 1 aromatic heterocycles. The highest BCUT2D eigenvalue weighted by Gasteiger charge is 2.12. The number of hydrogen-bond acceptors (Lipinski definition) is 2. The number of nitrogens with one attached hydrogen (secondary N) is 1. The van der Waals surface area contributed by atoms with E-state index in [-0.39, 0.29) is 6.54 Å². The maximum atomic E-state index is 10.9. The number of aromatic nitrogens is 1. The van der Waals surface area contributed by atoms with Crippen LogP contribution in [0.1, 0.15) is 18.1 Å². The molecule has 2 N–H and O–H groups in total. The Bertz CT molecular complexity index is 616. The van der Waals surface area contributed by atoms with Gasteiger partial charge in [0.2, 0.25) is 0 Å². The zero-order valence-electron chi connectivity index (χ0n) is 11.7. The van der Waals surface area contributed by atoms with E-state index in [0.717, 1.165) is 17.5 Å². The average molecular weight is 272 g/mol. The number of carbonyl (C=O) groups is 1. The Morgan fingerprint density at radius 1 is 1.45 bits per heavy atom. The number of fused-ring (bicyclic) bond motifs is 1. The van der Waals surface area contributed by atoms with Crippen molar-refractivity contribution in [3.8, 4) is 0 Å². The Balaban J connectivity index is 2.28. The summed E-state index contributed by atoms with van der Waals surface area (Å²) in [5.74, 6) is -0.819. The van der Waals surface area contributed by atoms with E-state index in [2.05, 4.69) is 30.6 Å². The third-order valence-corrected chi connectivity index (χ3v) is 3.41. The number of rotatable bonds is 7. The van der Waals surface area contributed by atoms with Crippen molar-refractivity contribution in [3.63, 3.8) is 0 Å². The molecule has 0 aliphatic carbocycles. The Morgan fingerprint density at radius 2 is 2.25 bits per heavy atom. The van der Waals surface area contributed by atoms with E-state index < -0.39 is 5.97 Å². The summed E-state index contributed by atoms with van der Waals surface area (Å²) < 4.78 is 0. The van der Waals surface area contributed by atoms with Crippen LogP contribution in [0.15, 0.2) is 37.1 Å². The number of H-pyrrole nitrogens is 1. The van der Waals surface area contributed by atoms with Gasteiger partial charge < -0.3 is 10.1 Å². The lowest BCUT2D eigenvalue weighted by Gasteiger charge is -2.17. The van der Waals surface area contributed by atoms with Crippen molar-refractivity contribution in [1.29, 1.82) is 0 Å². The van der Waals surface area contributed by atoms with E-state index in [1.165, 1.54) is 10.9 Å². The maximum Gasteiger partial charge on any atom is 0.317 e. The van der Waals surface area contributed by atoms with Crippen LogP contribution in [0.3, 0.4) is 0 Å². The minimum atomic E-state index is -0.819. The predicted molar refractivity (Wildman–Crippen MR) is 80.8 cm³/mol. The summed E-state index contributed by atoms with van der Waals surface area (Å²) >= 11 is 0. The van der Waals surface area contributed by atoms with Gasteiger partial charge >= 0.3 is 5.97 Å². The van der Waals surface area contributed by atoms with E-state index in [1.54, 1.807) is 6.08 Å². The third-order valence-electron chi connectivity index (χ3n) is 3.41. The van der Waals surface area contributed by atoms with Gasteiger partial charge in [-0.3, -0.25) is 9.69 Å². The van der Waals surface area contributed by atoms with Crippen molar-refractivity contribution in [1.82, 2.24) is 9.88 Å². The van der Waals surface area contributed by atoms with Gasteiger partial charge in [-0.25, -0.2) is 0 Å². The topological polar surface area (TPSA) is 56.3 Å². The first kappa shape index (κ1) is 14.3. The van der Waals surface area contributed by atoms with Gasteiger partial charge in [-0.15, -0.1) is 6.58 Å². The lowest BCUT2D eigenvalue weighted by atomic mass is 10.1. The molecule has 1 aromatic carbocycles. The molecule has 106 valence electrons. The Hall–Kier alpha value is -2.07. The van der Waals surface area contributed by atoms with Gasteiger partial charge in [-0.05, 0) is 17.5 Å². The summed E-state index contributed by atoms with van der Waals surface area (Å²) in [5, 5.41) is 10.1. The van der Waals surface area contributed by atoms with E-state index in [9.17, 15) is 4.79 Å². The van der Waals surface area contributed by atoms with E-state index >= 15 is 0 Å². The number of para-hydroxylation sites is 1. The van der Waals surface area contributed by atoms with Gasteiger partial charge in [0.15, 0.2) is 0 Å². The first-order chi connectivity index (χ1) is 9.65. The fraction of sp³-hybridized carbons (Fsp3) is 0.312. The molecule has 0 amide bonds. The fourth-order valence-corrected chi connectivity index (χ4v) is 2.50. The van der Waals surface area contributed by atoms with Gasteiger partial charge in [-0.2, -0.15) is 0 Å². The number of nitrogens with zero attached hydrogens (tertiary/aromatic N) is 1. The zero-order chi connectivity index (χ0) is 14.5. The number of aromatic amines is 1. The molecule has 4 heteroatoms. The van der Waals surface area contributed by atoms with Crippen LogP contribution in [0.25, 0.3) is 10.9 Å². The van der Waals surface area contributed by atoms with Crippen molar-refractivity contribution >= 4 is 16.9 Å². The average Bonchev–Trinajstić information content (AvgIpc) is 2.81. The molecular formula is C16H20N2O2. The molecule has 0 radical (unpaired) electrons. The van der Waals surface area contributed by atoms with Gasteiger partial charge in [0.25, 0.3) is 0 Å². The van der Waals surface area contributed by atoms with Crippen molar-refractivity contribution in [3.05, 3.63) is 48.2 Å². The second-order valence-electron chi connectivity index (χ2n) is 4.86. The van der Waals surface area contributed by atoms with E-state index in [1.807, 2.05) is 17.2 Å². The summed E-state index contributed by atoms with van der Waals surface area (Å²) in [5.41, 5.74) is 3.56. The molecule has 1 heterocycles. The quantitative estimate of drug-likeness (QED) is 0.762. The first-order valence-electron chi connectivity index (χ1n) is 6.78. The van der Waals surface area contributed by atoms with Gasteiger partial charge in [0.05, 0.1) is 6.54 Å². The summed E-state index contributed by atoms with van der Waals surface area (Å²) in [7, 11) is 0. The Labute approximate surface area is 118 Å². The summed E-state index contributed by atoms with van der Waals surface area (Å²) in [4.78, 5) is 16.1. The van der Waals surface area contributed by atoms with Crippen LogP contribution < -0.4 is 0 Å². The van der Waals surface area contributed by atoms with Crippen LogP contribution in [0.5, 0.6) is 0 Å². The smallest absolute Gasteiger partial charge is 0.317 e. The van der Waals surface area contributed by atoms with Gasteiger partial charge in [-0.1, -0.05) is 31.2 Å². The van der Waals surface area contributed by atoms with Crippen LogP contribution in [-0.4, -0.2) is 34.0 Å². The monoisotopic (exact) mass is 272 g/mol. The lowest BCUT2D eigenvalue weighted by molar-refractivity contribution is -0.138. The van der Waals surface area contributed by atoms with Gasteiger partial charge in [0.1, 0.15) is 0 Å². The Kier molecular flexibility index (Phi) is 4.58. The number of carboxylic acids is 1. The normalized spacial score (nSPS) is 11.1. The molecule has 0 fully saturated rings. The van der Waals surface area contributed by atoms with E-state index in [0.29, 0.717) is 13.1 Å². The fourth-order valence-electron chi connectivity index (χ4n) is 2.50. The molecule has 2 rings (SSSR count). The van der Waals surface area contributed by atoms with Crippen LogP contribution in [0, 0.1) is 0 Å². The highest BCUT2D eigenvalue weighted by molar-refractivity contribution is 5.86. The van der Waals surface area contributed by atoms with Crippen molar-refractivity contribution in [2.75, 3.05) is 13.1 Å².